The van der Waals surface area contributed by atoms with Crippen LogP contribution in [-0.4, -0.2) is 33.7 Å². The molecule has 70 heavy (non-hydrogen) atoms. The van der Waals surface area contributed by atoms with E-state index in [1.807, 2.05) is 0 Å². The molecule has 0 aliphatic carbocycles. The van der Waals surface area contributed by atoms with Gasteiger partial charge in [0.2, 0.25) is 0 Å². The van der Waals surface area contributed by atoms with Crippen molar-refractivity contribution >= 4 is 0 Å². The molecule has 9 aromatic rings. The number of hydrogen-bond acceptors (Lipinski definition) is 1. The highest BCUT2D eigenvalue weighted by molar-refractivity contribution is 5.85. The summed E-state index contributed by atoms with van der Waals surface area (Å²) in [5.74, 6) is 3.05. The second-order valence-corrected chi connectivity index (χ2v) is 20.7. The van der Waals surface area contributed by atoms with Gasteiger partial charge >= 0.3 is 0 Å². The minimum atomic E-state index is 0.0324. The SMILES string of the molecule is Cc1ccc(-c2c(-c3ccccc3)n(C)c(-c3c(C)c(C)c(-c4n(C)c(-c5ccc(-c6ccc(C7(c8ccc(C)cc8)CN8CCC7CC8)cc6)cc5)c(-c5ccccc5)[n+]4C)c(C)c3C)[n+]2C)cc1. The number of imidazole rings is 2. The molecule has 2 bridgehead atoms. The van der Waals surface area contributed by atoms with Gasteiger partial charge in [0.15, 0.2) is 22.8 Å². The summed E-state index contributed by atoms with van der Waals surface area (Å²) in [6.07, 6.45) is 2.53. The van der Waals surface area contributed by atoms with Crippen LogP contribution in [0.5, 0.6) is 0 Å². The van der Waals surface area contributed by atoms with Gasteiger partial charge in [-0.25, -0.2) is 18.3 Å². The summed E-state index contributed by atoms with van der Waals surface area (Å²) < 4.78 is 9.73. The van der Waals surface area contributed by atoms with Crippen molar-refractivity contribution in [2.45, 2.75) is 59.8 Å². The molecule has 12 rings (SSSR count). The highest BCUT2D eigenvalue weighted by Gasteiger charge is 2.49. The number of aromatic nitrogens is 4. The van der Waals surface area contributed by atoms with E-state index in [-0.39, 0.29) is 5.41 Å². The van der Waals surface area contributed by atoms with Gasteiger partial charge in [-0.15, -0.1) is 0 Å². The van der Waals surface area contributed by atoms with Gasteiger partial charge in [0, 0.05) is 34.2 Å². The van der Waals surface area contributed by atoms with Crippen LogP contribution in [0.1, 0.15) is 57.3 Å². The maximum atomic E-state index is 2.69. The van der Waals surface area contributed by atoms with Gasteiger partial charge in [-0.2, -0.15) is 0 Å². The van der Waals surface area contributed by atoms with Gasteiger partial charge in [0.1, 0.15) is 0 Å². The van der Waals surface area contributed by atoms with Crippen molar-refractivity contribution < 1.29 is 9.13 Å². The third-order valence-electron chi connectivity index (χ3n) is 16.8. The molecule has 5 nitrogen and oxygen atoms in total. The van der Waals surface area contributed by atoms with Crippen LogP contribution in [0, 0.1) is 47.5 Å². The van der Waals surface area contributed by atoms with E-state index in [1.165, 1.54) is 149 Å². The molecule has 7 aromatic carbocycles. The molecule has 3 fully saturated rings. The molecule has 3 aliphatic rings. The number of aryl methyl sites for hydroxylation is 2. The van der Waals surface area contributed by atoms with E-state index >= 15 is 0 Å². The standard InChI is InChI=1S/C65H67N5/c1-42-21-25-52(26-22-42)61-59(50-17-13-11-14-18-50)66(7)63(68(61)9)57-44(3)46(5)58(47(6)45(57)4)64-67(8)60(51-19-15-12-16-20-51)62(69(64)10)53-29-27-48(28-30-53)49-31-35-55(36-32-49)65(54-33-23-43(2)24-34-54)41-70-39-37-56(65)38-40-70/h11-36,56H,37-41H2,1-10H3/q+2. The average Bonchev–Trinajstić information content (AvgIpc) is 3.80. The maximum absolute atomic E-state index is 2.69. The first-order valence-corrected chi connectivity index (χ1v) is 25.3. The Bertz CT molecular complexity index is 3370. The third-order valence-corrected chi connectivity index (χ3v) is 16.8. The normalized spacial score (nSPS) is 17.6. The van der Waals surface area contributed by atoms with Crippen molar-refractivity contribution in [2.24, 2.45) is 34.1 Å². The summed E-state index contributed by atoms with van der Waals surface area (Å²) >= 11 is 0. The smallest absolute Gasteiger partial charge is 0.289 e. The molecular weight excluding hydrogens is 851 g/mol. The Morgan fingerprint density at radius 3 is 1.19 bits per heavy atom. The quantitative estimate of drug-likeness (QED) is 0.132. The predicted octanol–water partition coefficient (Wildman–Crippen LogP) is 13.5. The maximum Gasteiger partial charge on any atom is 0.289 e. The molecule has 0 amide bonds. The summed E-state index contributed by atoms with van der Waals surface area (Å²) in [6, 6.07) is 59.1. The van der Waals surface area contributed by atoms with E-state index < -0.39 is 0 Å². The molecule has 5 heterocycles. The molecule has 350 valence electrons. The molecule has 0 spiro atoms. The Kier molecular flexibility index (Phi) is 11.5. The molecule has 3 aliphatic heterocycles. The molecule has 0 N–H and O–H groups in total. The first-order valence-electron chi connectivity index (χ1n) is 25.3. The van der Waals surface area contributed by atoms with Gasteiger partial charge in [-0.1, -0.05) is 157 Å². The summed E-state index contributed by atoms with van der Waals surface area (Å²) in [4.78, 5) is 2.69. The monoisotopic (exact) mass is 918 g/mol. The largest absolute Gasteiger partial charge is 0.302 e. The zero-order chi connectivity index (χ0) is 48.6. The van der Waals surface area contributed by atoms with Gasteiger partial charge < -0.3 is 4.90 Å². The lowest BCUT2D eigenvalue weighted by Gasteiger charge is -2.54. The van der Waals surface area contributed by atoms with E-state index in [9.17, 15) is 0 Å². The zero-order valence-electron chi connectivity index (χ0n) is 42.9. The van der Waals surface area contributed by atoms with Crippen molar-refractivity contribution in [1.82, 2.24) is 14.0 Å². The molecular formula is C65H67N5+2. The Morgan fingerprint density at radius 1 is 0.414 bits per heavy atom. The van der Waals surface area contributed by atoms with Gasteiger partial charge in [0.05, 0.1) is 39.3 Å². The summed E-state index contributed by atoms with van der Waals surface area (Å²) in [6.45, 7) is 17.2. The lowest BCUT2D eigenvalue weighted by molar-refractivity contribution is -0.648. The van der Waals surface area contributed by atoms with Crippen molar-refractivity contribution in [3.8, 4) is 78.9 Å². The topological polar surface area (TPSA) is 20.9 Å². The molecule has 1 atom stereocenters. The summed E-state index contributed by atoms with van der Waals surface area (Å²) in [5, 5.41) is 0. The van der Waals surface area contributed by atoms with Gasteiger partial charge in [-0.05, 0) is 130 Å². The van der Waals surface area contributed by atoms with Crippen LogP contribution in [-0.2, 0) is 33.6 Å². The van der Waals surface area contributed by atoms with Crippen molar-refractivity contribution in [1.29, 1.82) is 0 Å². The van der Waals surface area contributed by atoms with Crippen LogP contribution in [0.15, 0.2) is 158 Å². The van der Waals surface area contributed by atoms with E-state index in [2.05, 4.69) is 251 Å². The van der Waals surface area contributed by atoms with Crippen LogP contribution in [0.25, 0.3) is 78.9 Å². The van der Waals surface area contributed by atoms with Crippen LogP contribution < -0.4 is 9.13 Å². The molecule has 3 saturated heterocycles. The number of rotatable bonds is 9. The number of hydrogen-bond donors (Lipinski definition) is 0. The number of nitrogens with zero attached hydrogens (tertiary/aromatic N) is 5. The fourth-order valence-electron chi connectivity index (χ4n) is 12.9. The fraction of sp³-hybridized carbons (Fsp3) is 0.262. The van der Waals surface area contributed by atoms with E-state index in [4.69, 9.17) is 0 Å². The second-order valence-electron chi connectivity index (χ2n) is 20.7. The fourth-order valence-corrected chi connectivity index (χ4v) is 12.9. The molecule has 1 unspecified atom stereocenters. The first kappa shape index (κ1) is 45.4. The Labute approximate surface area is 416 Å². The summed E-state index contributed by atoms with van der Waals surface area (Å²) in [5.41, 5.74) is 25.4. The average molecular weight is 918 g/mol. The molecule has 0 radical (unpaired) electrons. The first-order chi connectivity index (χ1) is 33.9. The van der Waals surface area contributed by atoms with Crippen LogP contribution >= 0.6 is 0 Å². The van der Waals surface area contributed by atoms with Gasteiger partial charge in [-0.3, -0.25) is 0 Å². The number of benzene rings is 7. The Morgan fingerprint density at radius 2 is 0.757 bits per heavy atom. The minimum Gasteiger partial charge on any atom is -0.302 e. The van der Waals surface area contributed by atoms with E-state index in [0.717, 1.165) is 6.54 Å². The summed E-state index contributed by atoms with van der Waals surface area (Å²) in [7, 11) is 9.00. The minimum absolute atomic E-state index is 0.0324. The number of fused-ring (bicyclic) bond motifs is 3. The lowest BCUT2D eigenvalue weighted by Crippen LogP contribution is -2.57. The molecule has 0 saturated carbocycles. The Balaban J connectivity index is 1.01. The zero-order valence-corrected chi connectivity index (χ0v) is 42.9. The van der Waals surface area contributed by atoms with Crippen LogP contribution in [0.3, 0.4) is 0 Å². The predicted molar refractivity (Wildman–Crippen MR) is 290 cm³/mol. The van der Waals surface area contributed by atoms with Crippen LogP contribution in [0.2, 0.25) is 0 Å². The van der Waals surface area contributed by atoms with E-state index in [0.29, 0.717) is 5.92 Å². The third kappa shape index (κ3) is 7.23. The Hall–Kier alpha value is -7.08. The molecule has 2 aromatic heterocycles. The van der Waals surface area contributed by atoms with Gasteiger partial charge in [0.25, 0.3) is 11.6 Å². The van der Waals surface area contributed by atoms with Crippen molar-refractivity contribution in [3.63, 3.8) is 0 Å². The van der Waals surface area contributed by atoms with Crippen molar-refractivity contribution in [3.05, 3.63) is 202 Å². The van der Waals surface area contributed by atoms with E-state index in [1.54, 1.807) is 0 Å². The van der Waals surface area contributed by atoms with Crippen LogP contribution in [0.4, 0.5) is 0 Å². The highest BCUT2D eigenvalue weighted by Crippen LogP contribution is 2.50. The second kappa shape index (κ2) is 17.7. The highest BCUT2D eigenvalue weighted by atomic mass is 15.2. The van der Waals surface area contributed by atoms with Crippen molar-refractivity contribution in [2.75, 3.05) is 19.6 Å². The molecule has 5 heteroatoms. The lowest BCUT2D eigenvalue weighted by atomic mass is 9.59. The number of piperidine rings is 3.